The van der Waals surface area contributed by atoms with Gasteiger partial charge in [0.15, 0.2) is 0 Å². The van der Waals surface area contributed by atoms with Crippen molar-refractivity contribution < 1.29 is 4.74 Å². The minimum absolute atomic E-state index is 0.493. The SMILES string of the molecule is CCCCN(c1ccccc1OC)c1cccc2nc(Cl)n(C)c12. The second-order valence-corrected chi connectivity index (χ2v) is 6.10. The molecule has 0 unspecified atom stereocenters. The maximum absolute atomic E-state index is 6.25. The fraction of sp³-hybridized carbons (Fsp3) is 0.316. The van der Waals surface area contributed by atoms with E-state index in [4.69, 9.17) is 16.3 Å². The van der Waals surface area contributed by atoms with E-state index < -0.39 is 0 Å². The highest BCUT2D eigenvalue weighted by molar-refractivity contribution is 6.29. The smallest absolute Gasteiger partial charge is 0.203 e. The molecule has 0 saturated heterocycles. The van der Waals surface area contributed by atoms with Crippen LogP contribution in [0.3, 0.4) is 0 Å². The number of ether oxygens (including phenoxy) is 1. The van der Waals surface area contributed by atoms with Gasteiger partial charge >= 0.3 is 0 Å². The highest BCUT2D eigenvalue weighted by atomic mass is 35.5. The molecular weight excluding hydrogens is 322 g/mol. The molecular formula is C19H22ClN3O. The first-order chi connectivity index (χ1) is 11.7. The van der Waals surface area contributed by atoms with Gasteiger partial charge in [0.25, 0.3) is 0 Å². The number of imidazole rings is 1. The van der Waals surface area contributed by atoms with Crippen LogP contribution in [0.5, 0.6) is 5.75 Å². The van der Waals surface area contributed by atoms with E-state index in [0.717, 1.165) is 47.5 Å². The van der Waals surface area contributed by atoms with E-state index in [1.54, 1.807) is 7.11 Å². The fourth-order valence-electron chi connectivity index (χ4n) is 2.98. The van der Waals surface area contributed by atoms with Crippen molar-refractivity contribution in [2.75, 3.05) is 18.6 Å². The van der Waals surface area contributed by atoms with Gasteiger partial charge in [0.1, 0.15) is 5.75 Å². The summed E-state index contributed by atoms with van der Waals surface area (Å²) in [4.78, 5) is 6.74. The summed E-state index contributed by atoms with van der Waals surface area (Å²) in [5.74, 6) is 0.860. The number of anilines is 2. The number of hydrogen-bond donors (Lipinski definition) is 0. The van der Waals surface area contributed by atoms with E-state index in [0.29, 0.717) is 5.28 Å². The number of unbranched alkanes of at least 4 members (excludes halogenated alkanes) is 1. The summed E-state index contributed by atoms with van der Waals surface area (Å²) < 4.78 is 7.52. The van der Waals surface area contributed by atoms with Crippen LogP contribution in [0.25, 0.3) is 11.0 Å². The third-order valence-corrected chi connectivity index (χ3v) is 4.56. The highest BCUT2D eigenvalue weighted by Gasteiger charge is 2.19. The van der Waals surface area contributed by atoms with Crippen molar-refractivity contribution in [3.8, 4) is 5.75 Å². The second-order valence-electron chi connectivity index (χ2n) is 5.76. The predicted octanol–water partition coefficient (Wildman–Crippen LogP) is 5.17. The number of aryl methyl sites for hydroxylation is 1. The number of benzene rings is 2. The molecule has 0 atom stereocenters. The third-order valence-electron chi connectivity index (χ3n) is 4.22. The minimum Gasteiger partial charge on any atom is -0.495 e. The Morgan fingerprint density at radius 3 is 2.62 bits per heavy atom. The van der Waals surface area contributed by atoms with E-state index in [2.05, 4.69) is 28.9 Å². The van der Waals surface area contributed by atoms with Crippen LogP contribution < -0.4 is 9.64 Å². The first-order valence-electron chi connectivity index (χ1n) is 8.18. The van der Waals surface area contributed by atoms with E-state index >= 15 is 0 Å². The average molecular weight is 344 g/mol. The molecule has 0 aliphatic heterocycles. The summed E-state index contributed by atoms with van der Waals surface area (Å²) in [6.45, 7) is 3.10. The highest BCUT2D eigenvalue weighted by Crippen LogP contribution is 2.38. The molecule has 0 aliphatic rings. The summed E-state index contributed by atoms with van der Waals surface area (Å²) in [6, 6.07) is 14.2. The zero-order valence-electron chi connectivity index (χ0n) is 14.3. The van der Waals surface area contributed by atoms with Crippen LogP contribution in [0.4, 0.5) is 11.4 Å². The Morgan fingerprint density at radius 1 is 1.12 bits per heavy atom. The number of nitrogens with zero attached hydrogens (tertiary/aromatic N) is 3. The van der Waals surface area contributed by atoms with Gasteiger partial charge in [0.05, 0.1) is 29.5 Å². The van der Waals surface area contributed by atoms with Gasteiger partial charge in [-0.15, -0.1) is 0 Å². The number of para-hydroxylation sites is 3. The second kappa shape index (κ2) is 7.14. The molecule has 2 aromatic carbocycles. The largest absolute Gasteiger partial charge is 0.495 e. The van der Waals surface area contributed by atoms with Crippen LogP contribution in [0.2, 0.25) is 5.28 Å². The Bertz CT molecular complexity index is 844. The molecule has 1 aromatic heterocycles. The van der Waals surface area contributed by atoms with Gasteiger partial charge < -0.3 is 14.2 Å². The van der Waals surface area contributed by atoms with Crippen molar-refractivity contribution >= 4 is 34.0 Å². The number of halogens is 1. The van der Waals surface area contributed by atoms with Crippen molar-refractivity contribution in [2.45, 2.75) is 19.8 Å². The molecule has 3 aromatic rings. The minimum atomic E-state index is 0.493. The number of methoxy groups -OCH3 is 1. The molecule has 5 heteroatoms. The molecule has 0 bridgehead atoms. The zero-order chi connectivity index (χ0) is 17.1. The molecule has 0 N–H and O–H groups in total. The van der Waals surface area contributed by atoms with Crippen molar-refractivity contribution in [1.29, 1.82) is 0 Å². The fourth-order valence-corrected chi connectivity index (χ4v) is 3.15. The molecule has 0 spiro atoms. The van der Waals surface area contributed by atoms with Gasteiger partial charge in [0, 0.05) is 13.6 Å². The lowest BCUT2D eigenvalue weighted by atomic mass is 10.1. The van der Waals surface area contributed by atoms with Gasteiger partial charge in [-0.1, -0.05) is 31.5 Å². The third kappa shape index (κ3) is 2.94. The van der Waals surface area contributed by atoms with Gasteiger partial charge in [-0.05, 0) is 42.3 Å². The van der Waals surface area contributed by atoms with E-state index in [9.17, 15) is 0 Å². The van der Waals surface area contributed by atoms with Crippen LogP contribution in [0.15, 0.2) is 42.5 Å². The molecule has 0 radical (unpaired) electrons. The molecule has 0 aliphatic carbocycles. The number of rotatable bonds is 6. The summed E-state index contributed by atoms with van der Waals surface area (Å²) in [6.07, 6.45) is 2.20. The Balaban J connectivity index is 2.20. The number of hydrogen-bond acceptors (Lipinski definition) is 3. The average Bonchev–Trinajstić information content (AvgIpc) is 2.90. The number of aromatic nitrogens is 2. The summed E-state index contributed by atoms with van der Waals surface area (Å²) in [5, 5.41) is 0.493. The van der Waals surface area contributed by atoms with Crippen molar-refractivity contribution in [1.82, 2.24) is 9.55 Å². The monoisotopic (exact) mass is 343 g/mol. The topological polar surface area (TPSA) is 30.3 Å². The summed E-state index contributed by atoms with van der Waals surface area (Å²) in [5.41, 5.74) is 4.08. The molecule has 126 valence electrons. The van der Waals surface area contributed by atoms with E-state index in [1.807, 2.05) is 41.9 Å². The molecule has 4 nitrogen and oxygen atoms in total. The maximum atomic E-state index is 6.25. The standard InChI is InChI=1S/C19H22ClN3O/c1-4-5-13-23(15-10-6-7-12-17(15)24-3)16-11-8-9-14-18(16)22(2)19(20)21-14/h6-12H,4-5,13H2,1-3H3. The molecule has 0 amide bonds. The molecule has 3 rings (SSSR count). The van der Waals surface area contributed by atoms with Crippen LogP contribution >= 0.6 is 11.6 Å². The Hall–Kier alpha value is -2.20. The Kier molecular flexibility index (Phi) is 4.95. The normalized spacial score (nSPS) is 11.0. The summed E-state index contributed by atoms with van der Waals surface area (Å²) in [7, 11) is 3.65. The van der Waals surface area contributed by atoms with Crippen LogP contribution in [-0.4, -0.2) is 23.2 Å². The van der Waals surface area contributed by atoms with E-state index in [-0.39, 0.29) is 0 Å². The van der Waals surface area contributed by atoms with Crippen LogP contribution in [0, 0.1) is 0 Å². The van der Waals surface area contributed by atoms with Gasteiger partial charge in [-0.3, -0.25) is 0 Å². The van der Waals surface area contributed by atoms with Gasteiger partial charge in [-0.2, -0.15) is 0 Å². The Morgan fingerprint density at radius 2 is 1.88 bits per heavy atom. The van der Waals surface area contributed by atoms with E-state index in [1.165, 1.54) is 0 Å². The molecule has 0 fully saturated rings. The number of fused-ring (bicyclic) bond motifs is 1. The zero-order valence-corrected chi connectivity index (χ0v) is 15.0. The van der Waals surface area contributed by atoms with Crippen LogP contribution in [0.1, 0.15) is 19.8 Å². The van der Waals surface area contributed by atoms with Crippen LogP contribution in [-0.2, 0) is 7.05 Å². The maximum Gasteiger partial charge on any atom is 0.203 e. The van der Waals surface area contributed by atoms with Gasteiger partial charge in [-0.25, -0.2) is 4.98 Å². The lowest BCUT2D eigenvalue weighted by molar-refractivity contribution is 0.415. The molecule has 1 heterocycles. The van der Waals surface area contributed by atoms with Crippen molar-refractivity contribution in [3.05, 3.63) is 47.7 Å². The van der Waals surface area contributed by atoms with Crippen molar-refractivity contribution in [3.63, 3.8) is 0 Å². The Labute approximate surface area is 147 Å². The van der Waals surface area contributed by atoms with Gasteiger partial charge in [0.2, 0.25) is 5.28 Å². The quantitative estimate of drug-likeness (QED) is 0.618. The summed E-state index contributed by atoms with van der Waals surface area (Å²) >= 11 is 6.25. The molecule has 24 heavy (non-hydrogen) atoms. The first kappa shape index (κ1) is 16.7. The molecule has 0 saturated carbocycles. The predicted molar refractivity (Wildman–Crippen MR) is 101 cm³/mol. The van der Waals surface area contributed by atoms with Crippen molar-refractivity contribution in [2.24, 2.45) is 7.05 Å². The lowest BCUT2D eigenvalue weighted by Gasteiger charge is -2.27. The lowest BCUT2D eigenvalue weighted by Crippen LogP contribution is -2.20. The first-order valence-corrected chi connectivity index (χ1v) is 8.56.